The first-order valence-electron chi connectivity index (χ1n) is 4.42. The van der Waals surface area contributed by atoms with E-state index in [4.69, 9.17) is 4.42 Å². The topological polar surface area (TPSA) is 13.1 Å². The highest BCUT2D eigenvalue weighted by molar-refractivity contribution is 5.78. The van der Waals surface area contributed by atoms with Gasteiger partial charge >= 0.3 is 0 Å². The Kier molecular flexibility index (Phi) is 3.07. The molecule has 0 spiro atoms. The lowest BCUT2D eigenvalue weighted by molar-refractivity contribution is 0.577. The minimum Gasteiger partial charge on any atom is -0.461 e. The number of fused-ring (bicyclic) bond motifs is 1. The van der Waals surface area contributed by atoms with Crippen molar-refractivity contribution in [2.45, 2.75) is 20.8 Å². The van der Waals surface area contributed by atoms with Gasteiger partial charge in [-0.25, -0.2) is 4.39 Å². The maximum atomic E-state index is 12.9. The summed E-state index contributed by atoms with van der Waals surface area (Å²) in [5, 5.41) is 0.560. The predicted molar refractivity (Wildman–Crippen MR) is 52.3 cm³/mol. The van der Waals surface area contributed by atoms with E-state index in [-0.39, 0.29) is 5.82 Å². The first-order chi connectivity index (χ1) is 6.27. The molecule has 0 aliphatic rings. The average molecular weight is 180 g/mol. The third-order valence-electron chi connectivity index (χ3n) is 1.63. The van der Waals surface area contributed by atoms with E-state index in [0.717, 1.165) is 5.76 Å². The van der Waals surface area contributed by atoms with Crippen molar-refractivity contribution < 1.29 is 8.81 Å². The van der Waals surface area contributed by atoms with Crippen molar-refractivity contribution in [3.05, 3.63) is 35.8 Å². The van der Waals surface area contributed by atoms with Gasteiger partial charge in [0.25, 0.3) is 0 Å². The fraction of sp³-hybridized carbons (Fsp3) is 0.273. The van der Waals surface area contributed by atoms with Gasteiger partial charge in [-0.2, -0.15) is 0 Å². The van der Waals surface area contributed by atoms with Crippen molar-refractivity contribution in [1.82, 2.24) is 0 Å². The molecule has 1 aromatic heterocycles. The molecule has 0 radical (unpaired) electrons. The van der Waals surface area contributed by atoms with Gasteiger partial charge in [-0.05, 0) is 25.1 Å². The van der Waals surface area contributed by atoms with Crippen LogP contribution < -0.4 is 0 Å². The Morgan fingerprint density at radius 3 is 2.54 bits per heavy atom. The number of hydrogen-bond donors (Lipinski definition) is 0. The van der Waals surface area contributed by atoms with E-state index in [1.165, 1.54) is 6.07 Å². The summed E-state index contributed by atoms with van der Waals surface area (Å²) in [7, 11) is 0. The number of benzene rings is 1. The normalized spacial score (nSPS) is 9.54. The van der Waals surface area contributed by atoms with Gasteiger partial charge < -0.3 is 4.42 Å². The van der Waals surface area contributed by atoms with Gasteiger partial charge in [-0.1, -0.05) is 19.9 Å². The average Bonchev–Trinajstić information content (AvgIpc) is 2.51. The van der Waals surface area contributed by atoms with Crippen LogP contribution in [-0.2, 0) is 0 Å². The molecule has 0 aliphatic carbocycles. The number of furan rings is 1. The molecule has 0 saturated heterocycles. The second kappa shape index (κ2) is 4.08. The predicted octanol–water partition coefficient (Wildman–Crippen LogP) is 3.91. The van der Waals surface area contributed by atoms with Crippen LogP contribution in [-0.4, -0.2) is 0 Å². The summed E-state index contributed by atoms with van der Waals surface area (Å²) >= 11 is 0. The van der Waals surface area contributed by atoms with Gasteiger partial charge in [0.2, 0.25) is 0 Å². The van der Waals surface area contributed by atoms with Crippen LogP contribution in [0.1, 0.15) is 19.6 Å². The second-order valence-corrected chi connectivity index (χ2v) is 2.51. The Hall–Kier alpha value is -1.31. The van der Waals surface area contributed by atoms with Crippen LogP contribution in [0.25, 0.3) is 11.0 Å². The molecule has 0 amide bonds. The van der Waals surface area contributed by atoms with Crippen LogP contribution in [0.4, 0.5) is 4.39 Å². The van der Waals surface area contributed by atoms with Gasteiger partial charge in [0.1, 0.15) is 17.2 Å². The van der Waals surface area contributed by atoms with E-state index in [2.05, 4.69) is 0 Å². The molecule has 2 aromatic rings. The van der Waals surface area contributed by atoms with Gasteiger partial charge in [-0.15, -0.1) is 0 Å². The van der Waals surface area contributed by atoms with Crippen molar-refractivity contribution in [2.75, 3.05) is 0 Å². The Bertz CT molecular complexity index is 390. The van der Waals surface area contributed by atoms with Crippen LogP contribution in [0.2, 0.25) is 0 Å². The van der Waals surface area contributed by atoms with Gasteiger partial charge in [0.05, 0.1) is 5.39 Å². The van der Waals surface area contributed by atoms with Crippen LogP contribution >= 0.6 is 0 Å². The third-order valence-corrected chi connectivity index (χ3v) is 1.63. The number of halogens is 1. The Balaban J connectivity index is 0.000000396. The third kappa shape index (κ3) is 1.89. The van der Waals surface area contributed by atoms with Crippen molar-refractivity contribution in [1.29, 1.82) is 0 Å². The molecule has 70 valence electrons. The highest BCUT2D eigenvalue weighted by Gasteiger charge is 2.03. The van der Waals surface area contributed by atoms with E-state index in [0.29, 0.717) is 11.0 Å². The monoisotopic (exact) mass is 180 g/mol. The zero-order chi connectivity index (χ0) is 9.84. The molecule has 0 atom stereocenters. The molecule has 13 heavy (non-hydrogen) atoms. The number of aryl methyl sites for hydroxylation is 1. The Morgan fingerprint density at radius 2 is 1.92 bits per heavy atom. The number of rotatable bonds is 0. The largest absolute Gasteiger partial charge is 0.461 e. The van der Waals surface area contributed by atoms with Crippen molar-refractivity contribution in [2.24, 2.45) is 0 Å². The molecular formula is C11H13FO. The fourth-order valence-electron chi connectivity index (χ4n) is 1.15. The molecule has 2 heteroatoms. The zero-order valence-electron chi connectivity index (χ0n) is 8.10. The summed E-state index contributed by atoms with van der Waals surface area (Å²) in [5.41, 5.74) is 0.613. The van der Waals surface area contributed by atoms with Crippen LogP contribution in [0, 0.1) is 12.7 Å². The molecule has 0 unspecified atom stereocenters. The quantitative estimate of drug-likeness (QED) is 0.599. The molecule has 1 aromatic carbocycles. The van der Waals surface area contributed by atoms with Crippen molar-refractivity contribution >= 4 is 11.0 Å². The summed E-state index contributed by atoms with van der Waals surface area (Å²) in [4.78, 5) is 0. The lowest BCUT2D eigenvalue weighted by atomic mass is 10.2. The van der Waals surface area contributed by atoms with E-state index < -0.39 is 0 Å². The molecule has 0 N–H and O–H groups in total. The first-order valence-corrected chi connectivity index (χ1v) is 4.42. The van der Waals surface area contributed by atoms with E-state index in [1.54, 1.807) is 25.1 Å². The summed E-state index contributed by atoms with van der Waals surface area (Å²) in [6.07, 6.45) is 0. The van der Waals surface area contributed by atoms with E-state index in [1.807, 2.05) is 13.8 Å². The minimum absolute atomic E-state index is 0.223. The first kappa shape index (κ1) is 9.78. The summed E-state index contributed by atoms with van der Waals surface area (Å²) in [5.74, 6) is 0.518. The fourth-order valence-corrected chi connectivity index (χ4v) is 1.15. The smallest absolute Gasteiger partial charge is 0.137 e. The van der Waals surface area contributed by atoms with Crippen molar-refractivity contribution in [3.8, 4) is 0 Å². The van der Waals surface area contributed by atoms with E-state index >= 15 is 0 Å². The molecule has 0 saturated carbocycles. The molecule has 1 heterocycles. The Morgan fingerprint density at radius 1 is 1.23 bits per heavy atom. The van der Waals surface area contributed by atoms with Crippen LogP contribution in [0.15, 0.2) is 28.7 Å². The summed E-state index contributed by atoms with van der Waals surface area (Å²) < 4.78 is 18.1. The van der Waals surface area contributed by atoms with Crippen molar-refractivity contribution in [3.63, 3.8) is 0 Å². The highest BCUT2D eigenvalue weighted by Crippen LogP contribution is 2.20. The SMILES string of the molecule is CC.Cc1cc2c(F)cccc2o1. The molecule has 1 nitrogen and oxygen atoms in total. The van der Waals surface area contributed by atoms with Gasteiger partial charge in [0, 0.05) is 0 Å². The van der Waals surface area contributed by atoms with Gasteiger partial charge in [0.15, 0.2) is 0 Å². The van der Waals surface area contributed by atoms with E-state index in [9.17, 15) is 4.39 Å². The highest BCUT2D eigenvalue weighted by atomic mass is 19.1. The minimum atomic E-state index is -0.223. The van der Waals surface area contributed by atoms with Crippen LogP contribution in [0.3, 0.4) is 0 Å². The maximum absolute atomic E-state index is 12.9. The molecule has 0 aliphatic heterocycles. The molecule has 0 bridgehead atoms. The Labute approximate surface area is 77.2 Å². The van der Waals surface area contributed by atoms with Gasteiger partial charge in [-0.3, -0.25) is 0 Å². The summed E-state index contributed by atoms with van der Waals surface area (Å²) in [6, 6.07) is 6.52. The standard InChI is InChI=1S/C9H7FO.C2H6/c1-6-5-7-8(10)3-2-4-9(7)11-6;1-2/h2-5H,1H3;1-2H3. The second-order valence-electron chi connectivity index (χ2n) is 2.51. The number of hydrogen-bond acceptors (Lipinski definition) is 1. The summed E-state index contributed by atoms with van der Waals surface area (Å²) in [6.45, 7) is 5.80. The molecule has 0 fully saturated rings. The lowest BCUT2D eigenvalue weighted by Gasteiger charge is -1.87. The molecular weight excluding hydrogens is 167 g/mol. The maximum Gasteiger partial charge on any atom is 0.137 e. The zero-order valence-corrected chi connectivity index (χ0v) is 8.10. The molecule has 2 rings (SSSR count). The van der Waals surface area contributed by atoms with Crippen LogP contribution in [0.5, 0.6) is 0 Å². The lowest BCUT2D eigenvalue weighted by Crippen LogP contribution is -1.70.